The lowest BCUT2D eigenvalue weighted by Crippen LogP contribution is -1.97. The molecule has 0 N–H and O–H groups in total. The van der Waals surface area contributed by atoms with Crippen molar-refractivity contribution in [2.75, 3.05) is 0 Å². The number of aryl methyl sites for hydroxylation is 1. The van der Waals surface area contributed by atoms with Gasteiger partial charge in [0.05, 0.1) is 5.69 Å². The molecule has 0 aliphatic rings. The lowest BCUT2D eigenvalue weighted by atomic mass is 9.97. The van der Waals surface area contributed by atoms with Crippen molar-refractivity contribution in [3.05, 3.63) is 52.7 Å². The minimum absolute atomic E-state index is 0.456. The van der Waals surface area contributed by atoms with Gasteiger partial charge in [-0.25, -0.2) is 0 Å². The summed E-state index contributed by atoms with van der Waals surface area (Å²) in [4.78, 5) is 4.65. The SMILES string of the molecule is Cc1ccc(C(C)C)c(-c2cccc(Cl)c2)n1. The van der Waals surface area contributed by atoms with Gasteiger partial charge in [0, 0.05) is 16.3 Å². The Morgan fingerprint density at radius 3 is 2.53 bits per heavy atom. The van der Waals surface area contributed by atoms with E-state index < -0.39 is 0 Å². The fourth-order valence-corrected chi connectivity index (χ4v) is 2.09. The summed E-state index contributed by atoms with van der Waals surface area (Å²) in [7, 11) is 0. The van der Waals surface area contributed by atoms with Gasteiger partial charge in [-0.05, 0) is 36.6 Å². The molecule has 0 aliphatic heterocycles. The van der Waals surface area contributed by atoms with Gasteiger partial charge in [-0.3, -0.25) is 4.98 Å². The van der Waals surface area contributed by atoms with Gasteiger partial charge >= 0.3 is 0 Å². The maximum absolute atomic E-state index is 6.04. The van der Waals surface area contributed by atoms with Crippen molar-refractivity contribution in [1.29, 1.82) is 0 Å². The highest BCUT2D eigenvalue weighted by Gasteiger charge is 2.10. The van der Waals surface area contributed by atoms with Crippen LogP contribution in [0.3, 0.4) is 0 Å². The zero-order chi connectivity index (χ0) is 12.4. The molecule has 0 fully saturated rings. The quantitative estimate of drug-likeness (QED) is 0.738. The summed E-state index contributed by atoms with van der Waals surface area (Å²) in [5.41, 5.74) is 4.43. The molecule has 88 valence electrons. The summed E-state index contributed by atoms with van der Waals surface area (Å²) in [6.07, 6.45) is 0. The first-order chi connectivity index (χ1) is 8.08. The summed E-state index contributed by atoms with van der Waals surface area (Å²) < 4.78 is 0. The number of benzene rings is 1. The van der Waals surface area contributed by atoms with Crippen LogP contribution in [0.15, 0.2) is 36.4 Å². The Morgan fingerprint density at radius 1 is 1.12 bits per heavy atom. The summed E-state index contributed by atoms with van der Waals surface area (Å²) in [6, 6.07) is 12.1. The predicted octanol–water partition coefficient (Wildman–Crippen LogP) is 4.83. The van der Waals surface area contributed by atoms with Crippen molar-refractivity contribution >= 4 is 11.6 Å². The number of rotatable bonds is 2. The molecule has 0 saturated carbocycles. The third-order valence-corrected chi connectivity index (χ3v) is 3.02. The van der Waals surface area contributed by atoms with Crippen LogP contribution < -0.4 is 0 Å². The third-order valence-electron chi connectivity index (χ3n) is 2.79. The van der Waals surface area contributed by atoms with Crippen molar-refractivity contribution in [1.82, 2.24) is 4.98 Å². The second kappa shape index (κ2) is 4.89. The van der Waals surface area contributed by atoms with Crippen molar-refractivity contribution < 1.29 is 0 Å². The van der Waals surface area contributed by atoms with Crippen LogP contribution in [0.5, 0.6) is 0 Å². The second-order valence-electron chi connectivity index (χ2n) is 4.56. The molecule has 1 aromatic carbocycles. The number of halogens is 1. The summed E-state index contributed by atoms with van der Waals surface area (Å²) >= 11 is 6.04. The Bertz CT molecular complexity index is 532. The fourth-order valence-electron chi connectivity index (χ4n) is 1.90. The van der Waals surface area contributed by atoms with E-state index in [0.717, 1.165) is 22.0 Å². The summed E-state index contributed by atoms with van der Waals surface area (Å²) in [5, 5.41) is 0.750. The number of hydrogen-bond donors (Lipinski definition) is 0. The third kappa shape index (κ3) is 2.67. The van der Waals surface area contributed by atoms with Gasteiger partial charge in [0.1, 0.15) is 0 Å². The van der Waals surface area contributed by atoms with Crippen LogP contribution in [0.2, 0.25) is 5.02 Å². The topological polar surface area (TPSA) is 12.9 Å². The van der Waals surface area contributed by atoms with Gasteiger partial charge in [0.25, 0.3) is 0 Å². The average Bonchev–Trinajstić information content (AvgIpc) is 2.28. The van der Waals surface area contributed by atoms with Crippen LogP contribution in [0, 0.1) is 6.92 Å². The van der Waals surface area contributed by atoms with Gasteiger partial charge < -0.3 is 0 Å². The zero-order valence-electron chi connectivity index (χ0n) is 10.4. The van der Waals surface area contributed by atoms with Crippen LogP contribution in [0.1, 0.15) is 31.0 Å². The predicted molar refractivity (Wildman–Crippen MR) is 73.5 cm³/mol. The first-order valence-electron chi connectivity index (χ1n) is 5.81. The van der Waals surface area contributed by atoms with Crippen LogP contribution in [0.25, 0.3) is 11.3 Å². The van der Waals surface area contributed by atoms with E-state index in [9.17, 15) is 0 Å². The molecule has 1 aromatic heterocycles. The molecular formula is C15H16ClN. The minimum atomic E-state index is 0.456. The largest absolute Gasteiger partial charge is 0.253 e. The smallest absolute Gasteiger partial charge is 0.0740 e. The van der Waals surface area contributed by atoms with Gasteiger partial charge in [-0.2, -0.15) is 0 Å². The minimum Gasteiger partial charge on any atom is -0.253 e. The first-order valence-corrected chi connectivity index (χ1v) is 6.19. The number of nitrogens with zero attached hydrogens (tertiary/aromatic N) is 1. The Balaban J connectivity index is 2.61. The number of pyridine rings is 1. The molecule has 1 heterocycles. The Morgan fingerprint density at radius 2 is 1.88 bits per heavy atom. The highest BCUT2D eigenvalue weighted by atomic mass is 35.5. The molecule has 0 amide bonds. The molecule has 0 aliphatic carbocycles. The lowest BCUT2D eigenvalue weighted by Gasteiger charge is -2.13. The molecule has 2 heteroatoms. The van der Waals surface area contributed by atoms with E-state index in [2.05, 4.69) is 37.0 Å². The van der Waals surface area contributed by atoms with Crippen molar-refractivity contribution in [2.45, 2.75) is 26.7 Å². The van der Waals surface area contributed by atoms with Crippen LogP contribution >= 0.6 is 11.6 Å². The molecule has 2 aromatic rings. The number of hydrogen-bond acceptors (Lipinski definition) is 1. The zero-order valence-corrected chi connectivity index (χ0v) is 11.1. The molecule has 17 heavy (non-hydrogen) atoms. The monoisotopic (exact) mass is 245 g/mol. The van der Waals surface area contributed by atoms with Gasteiger partial charge in [0.2, 0.25) is 0 Å². The molecule has 0 saturated heterocycles. The maximum Gasteiger partial charge on any atom is 0.0740 e. The fraction of sp³-hybridized carbons (Fsp3) is 0.267. The van der Waals surface area contributed by atoms with Gasteiger partial charge in [0.15, 0.2) is 0 Å². The summed E-state index contributed by atoms with van der Waals surface area (Å²) in [6.45, 7) is 6.37. The molecule has 0 atom stereocenters. The summed E-state index contributed by atoms with van der Waals surface area (Å²) in [5.74, 6) is 0.456. The van der Waals surface area contributed by atoms with E-state index in [4.69, 9.17) is 11.6 Å². The Labute approximate surface area is 107 Å². The van der Waals surface area contributed by atoms with Crippen LogP contribution in [-0.4, -0.2) is 4.98 Å². The molecule has 2 rings (SSSR count). The first kappa shape index (κ1) is 12.1. The molecule has 0 unspecified atom stereocenters. The van der Waals surface area contributed by atoms with Gasteiger partial charge in [-0.1, -0.05) is 43.6 Å². The second-order valence-corrected chi connectivity index (χ2v) is 4.99. The van der Waals surface area contributed by atoms with E-state index in [1.54, 1.807) is 0 Å². The van der Waals surface area contributed by atoms with Crippen LogP contribution in [-0.2, 0) is 0 Å². The van der Waals surface area contributed by atoms with E-state index in [1.165, 1.54) is 5.56 Å². The highest BCUT2D eigenvalue weighted by molar-refractivity contribution is 6.30. The standard InChI is InChI=1S/C15H16ClN/c1-10(2)14-8-7-11(3)17-15(14)12-5-4-6-13(16)9-12/h4-10H,1-3H3. The van der Waals surface area contributed by atoms with E-state index in [0.29, 0.717) is 5.92 Å². The lowest BCUT2D eigenvalue weighted by molar-refractivity contribution is 0.859. The Hall–Kier alpha value is -1.34. The van der Waals surface area contributed by atoms with Gasteiger partial charge in [-0.15, -0.1) is 0 Å². The molecule has 0 radical (unpaired) electrons. The maximum atomic E-state index is 6.04. The normalized spacial score (nSPS) is 10.9. The molecule has 1 nitrogen and oxygen atoms in total. The highest BCUT2D eigenvalue weighted by Crippen LogP contribution is 2.29. The van der Waals surface area contributed by atoms with Crippen molar-refractivity contribution in [3.8, 4) is 11.3 Å². The molecule has 0 spiro atoms. The van der Waals surface area contributed by atoms with Crippen molar-refractivity contribution in [2.24, 2.45) is 0 Å². The van der Waals surface area contributed by atoms with E-state index >= 15 is 0 Å². The van der Waals surface area contributed by atoms with Crippen molar-refractivity contribution in [3.63, 3.8) is 0 Å². The van der Waals surface area contributed by atoms with Crippen LogP contribution in [0.4, 0.5) is 0 Å². The van der Waals surface area contributed by atoms with E-state index in [1.807, 2.05) is 25.1 Å². The number of aromatic nitrogens is 1. The average molecular weight is 246 g/mol. The van der Waals surface area contributed by atoms with E-state index in [-0.39, 0.29) is 0 Å². The Kier molecular flexibility index (Phi) is 3.49. The molecular weight excluding hydrogens is 230 g/mol. The molecule has 0 bridgehead atoms.